The molecule has 0 aliphatic rings. The molecule has 1 aromatic carbocycles. The van der Waals surface area contributed by atoms with Gasteiger partial charge in [0, 0.05) is 20.7 Å². The number of hydrogen-bond acceptors (Lipinski definition) is 2. The van der Waals surface area contributed by atoms with Crippen LogP contribution in [0.3, 0.4) is 0 Å². The first-order chi connectivity index (χ1) is 8.87. The molecule has 1 heterocycles. The average molecular weight is 345 g/mol. The first-order valence-electron chi connectivity index (χ1n) is 6.24. The van der Waals surface area contributed by atoms with Crippen molar-refractivity contribution in [1.82, 2.24) is 9.55 Å². The maximum Gasteiger partial charge on any atom is 0.139 e. The van der Waals surface area contributed by atoms with E-state index in [9.17, 15) is 4.39 Å². The maximum absolute atomic E-state index is 13.4. The highest BCUT2D eigenvalue weighted by atomic mass is 79.9. The Labute approximate surface area is 121 Å². The molecule has 0 spiro atoms. The summed E-state index contributed by atoms with van der Waals surface area (Å²) in [6.07, 6.45) is 1.69. The van der Waals surface area contributed by atoms with Gasteiger partial charge in [0.25, 0.3) is 0 Å². The van der Waals surface area contributed by atoms with Crippen LogP contribution < -0.4 is 0 Å². The van der Waals surface area contributed by atoms with E-state index in [1.54, 1.807) is 12.4 Å². The molecular weight excluding hydrogens is 327 g/mol. The Hall–Kier alpha value is -0.723. The topological polar surface area (TPSA) is 27.1 Å². The molecule has 1 aromatic heterocycles. The van der Waals surface area contributed by atoms with Crippen LogP contribution in [0.4, 0.5) is 4.39 Å². The lowest BCUT2D eigenvalue weighted by molar-refractivity contribution is 0.0898. The molecule has 0 atom stereocenters. The number of halogens is 2. The van der Waals surface area contributed by atoms with Crippen molar-refractivity contribution in [2.24, 2.45) is 0 Å². The molecule has 0 unspecified atom stereocenters. The zero-order chi connectivity index (χ0) is 14.0. The Morgan fingerprint density at radius 3 is 2.79 bits per heavy atom. The van der Waals surface area contributed by atoms with Crippen molar-refractivity contribution in [3.63, 3.8) is 0 Å². The summed E-state index contributed by atoms with van der Waals surface area (Å²) in [4.78, 5) is 4.18. The molecule has 0 amide bonds. The molecule has 0 aliphatic heterocycles. The van der Waals surface area contributed by atoms with Gasteiger partial charge in [-0.2, -0.15) is 0 Å². The van der Waals surface area contributed by atoms with E-state index in [1.807, 2.05) is 4.57 Å². The van der Waals surface area contributed by atoms with Crippen LogP contribution in [0.5, 0.6) is 0 Å². The maximum atomic E-state index is 13.4. The molecule has 2 aromatic rings. The second-order valence-electron chi connectivity index (χ2n) is 5.82. The molecule has 0 radical (unpaired) electrons. The Kier molecular flexibility index (Phi) is 4.42. The predicted octanol–water partition coefficient (Wildman–Crippen LogP) is 4.25. The normalized spacial score (nSPS) is 12.3. The number of rotatable bonds is 5. The van der Waals surface area contributed by atoms with Gasteiger partial charge < -0.3 is 9.30 Å². The van der Waals surface area contributed by atoms with Crippen molar-refractivity contribution < 1.29 is 9.13 Å². The fourth-order valence-electron chi connectivity index (χ4n) is 1.70. The summed E-state index contributed by atoms with van der Waals surface area (Å²) < 4.78 is 21.4. The summed E-state index contributed by atoms with van der Waals surface area (Å²) in [5.74, 6) is -0.294. The first-order valence-corrected chi connectivity index (χ1v) is 10.7. The monoisotopic (exact) mass is 344 g/mol. The minimum Gasteiger partial charge on any atom is -0.361 e. The Bertz CT molecular complexity index is 580. The van der Waals surface area contributed by atoms with Crippen molar-refractivity contribution in [3.8, 4) is 0 Å². The number of benzene rings is 1. The second-order valence-corrected chi connectivity index (χ2v) is 12.3. The summed E-state index contributed by atoms with van der Waals surface area (Å²) >= 11 is 3.19. The molecular formula is C13H18BrFN2OSi. The van der Waals surface area contributed by atoms with Gasteiger partial charge in [-0.05, 0) is 28.0 Å². The third kappa shape index (κ3) is 3.87. The van der Waals surface area contributed by atoms with Gasteiger partial charge in [-0.25, -0.2) is 9.37 Å². The predicted molar refractivity (Wildman–Crippen MR) is 81.5 cm³/mol. The van der Waals surface area contributed by atoms with Crippen LogP contribution in [0.2, 0.25) is 25.7 Å². The average Bonchev–Trinajstić information content (AvgIpc) is 2.67. The van der Waals surface area contributed by atoms with E-state index in [-0.39, 0.29) is 5.82 Å². The third-order valence-corrected chi connectivity index (χ3v) is 5.20. The van der Waals surface area contributed by atoms with Gasteiger partial charge >= 0.3 is 0 Å². The van der Waals surface area contributed by atoms with Crippen molar-refractivity contribution in [3.05, 3.63) is 28.7 Å². The molecule has 0 bridgehead atoms. The summed E-state index contributed by atoms with van der Waals surface area (Å²) in [6, 6.07) is 4.30. The van der Waals surface area contributed by atoms with Crippen molar-refractivity contribution in [2.75, 3.05) is 6.61 Å². The summed E-state index contributed by atoms with van der Waals surface area (Å²) in [5.41, 5.74) is 1.52. The quantitative estimate of drug-likeness (QED) is 0.598. The molecule has 6 heteroatoms. The van der Waals surface area contributed by atoms with E-state index in [1.165, 1.54) is 6.07 Å². The van der Waals surface area contributed by atoms with E-state index in [2.05, 4.69) is 40.6 Å². The van der Waals surface area contributed by atoms with Crippen LogP contribution in [0.15, 0.2) is 22.9 Å². The zero-order valence-electron chi connectivity index (χ0n) is 11.4. The molecule has 0 aliphatic carbocycles. The first kappa shape index (κ1) is 14.7. The van der Waals surface area contributed by atoms with E-state index in [0.29, 0.717) is 16.7 Å². The number of aromatic nitrogens is 2. The Balaban J connectivity index is 2.03. The Morgan fingerprint density at radius 1 is 1.37 bits per heavy atom. The molecule has 19 heavy (non-hydrogen) atoms. The number of nitrogens with zero attached hydrogens (tertiary/aromatic N) is 2. The molecule has 0 fully saturated rings. The van der Waals surface area contributed by atoms with Crippen LogP contribution in [-0.2, 0) is 11.5 Å². The number of fused-ring (bicyclic) bond motifs is 1. The van der Waals surface area contributed by atoms with Crippen LogP contribution in [0, 0.1) is 5.82 Å². The molecule has 3 nitrogen and oxygen atoms in total. The number of imidazole rings is 1. The van der Waals surface area contributed by atoms with Gasteiger partial charge in [0.15, 0.2) is 0 Å². The van der Waals surface area contributed by atoms with Gasteiger partial charge in [-0.15, -0.1) is 0 Å². The minimum atomic E-state index is -1.06. The molecule has 0 N–H and O–H groups in total. The van der Waals surface area contributed by atoms with E-state index < -0.39 is 8.07 Å². The van der Waals surface area contributed by atoms with Gasteiger partial charge in [0.2, 0.25) is 0 Å². The van der Waals surface area contributed by atoms with Crippen LogP contribution in [0.25, 0.3) is 11.0 Å². The smallest absolute Gasteiger partial charge is 0.139 e. The van der Waals surface area contributed by atoms with Gasteiger partial charge in [-0.1, -0.05) is 19.6 Å². The van der Waals surface area contributed by atoms with Crippen molar-refractivity contribution >= 4 is 35.0 Å². The molecule has 2 rings (SSSR count). The molecule has 0 saturated heterocycles. The largest absolute Gasteiger partial charge is 0.361 e. The SMILES string of the molecule is C[Si](C)(C)CCOCn1cnc2cc(F)c(Br)cc21. The fourth-order valence-corrected chi connectivity index (χ4v) is 2.79. The fraction of sp³-hybridized carbons (Fsp3) is 0.462. The lowest BCUT2D eigenvalue weighted by Crippen LogP contribution is -2.21. The van der Waals surface area contributed by atoms with Crippen LogP contribution >= 0.6 is 15.9 Å². The highest BCUT2D eigenvalue weighted by Gasteiger charge is 2.12. The van der Waals surface area contributed by atoms with Crippen LogP contribution in [-0.4, -0.2) is 24.2 Å². The van der Waals surface area contributed by atoms with Crippen LogP contribution in [0.1, 0.15) is 0 Å². The van der Waals surface area contributed by atoms with E-state index in [4.69, 9.17) is 4.74 Å². The Morgan fingerprint density at radius 2 is 2.11 bits per heavy atom. The van der Waals surface area contributed by atoms with Crippen molar-refractivity contribution in [1.29, 1.82) is 0 Å². The number of ether oxygens (including phenoxy) is 1. The molecule has 104 valence electrons. The summed E-state index contributed by atoms with van der Waals surface area (Å²) in [7, 11) is -1.06. The highest BCUT2D eigenvalue weighted by Crippen LogP contribution is 2.22. The lowest BCUT2D eigenvalue weighted by atomic mass is 10.3. The number of hydrogen-bond donors (Lipinski definition) is 0. The van der Waals surface area contributed by atoms with Gasteiger partial charge in [0.05, 0.1) is 21.8 Å². The van der Waals surface area contributed by atoms with E-state index in [0.717, 1.165) is 18.2 Å². The van der Waals surface area contributed by atoms with Gasteiger partial charge in [0.1, 0.15) is 12.5 Å². The standard InChI is InChI=1S/C13H18BrFN2OSi/c1-19(2,3)5-4-18-9-17-8-16-12-7-11(15)10(14)6-13(12)17/h6-8H,4-5,9H2,1-3H3. The zero-order valence-corrected chi connectivity index (χ0v) is 14.0. The van der Waals surface area contributed by atoms with Gasteiger partial charge in [-0.3, -0.25) is 0 Å². The summed E-state index contributed by atoms with van der Waals surface area (Å²) in [6.45, 7) is 8.19. The minimum absolute atomic E-state index is 0.294. The summed E-state index contributed by atoms with van der Waals surface area (Å²) in [5, 5.41) is 0. The second kappa shape index (κ2) is 5.72. The van der Waals surface area contributed by atoms with E-state index >= 15 is 0 Å². The highest BCUT2D eigenvalue weighted by molar-refractivity contribution is 9.10. The van der Waals surface area contributed by atoms with Crippen molar-refractivity contribution in [2.45, 2.75) is 32.4 Å². The third-order valence-electron chi connectivity index (χ3n) is 2.89. The molecule has 0 saturated carbocycles. The lowest BCUT2D eigenvalue weighted by Gasteiger charge is -2.15.